The van der Waals surface area contributed by atoms with Crippen LogP contribution in [0.1, 0.15) is 19.4 Å². The third kappa shape index (κ3) is 3.69. The van der Waals surface area contributed by atoms with Crippen LogP contribution in [0.3, 0.4) is 0 Å². The van der Waals surface area contributed by atoms with E-state index in [2.05, 4.69) is 5.32 Å². The maximum Gasteiger partial charge on any atom is 0.317 e. The standard InChI is InChI=1S/C12H16F2N2O/c1-3-16(4-2)12(17)15-8-9-7-10(13)5-6-11(9)14/h5-7H,3-4,8H2,1-2H3,(H,15,17). The van der Waals surface area contributed by atoms with Crippen LogP contribution in [-0.4, -0.2) is 24.0 Å². The Balaban J connectivity index is 2.61. The molecule has 2 amide bonds. The van der Waals surface area contributed by atoms with Crippen LogP contribution < -0.4 is 5.32 Å². The van der Waals surface area contributed by atoms with Crippen molar-refractivity contribution in [3.63, 3.8) is 0 Å². The molecule has 1 N–H and O–H groups in total. The Kier molecular flexibility index (Phi) is 4.87. The topological polar surface area (TPSA) is 32.3 Å². The van der Waals surface area contributed by atoms with Crippen molar-refractivity contribution < 1.29 is 13.6 Å². The smallest absolute Gasteiger partial charge is 0.317 e. The predicted octanol–water partition coefficient (Wildman–Crippen LogP) is 2.52. The summed E-state index contributed by atoms with van der Waals surface area (Å²) in [5.41, 5.74) is 0.144. The van der Waals surface area contributed by atoms with Crippen molar-refractivity contribution >= 4 is 6.03 Å². The number of benzene rings is 1. The number of halogens is 2. The molecular weight excluding hydrogens is 226 g/mol. The Morgan fingerprint density at radius 1 is 1.29 bits per heavy atom. The maximum atomic E-state index is 13.3. The van der Waals surface area contributed by atoms with Gasteiger partial charge in [0.1, 0.15) is 11.6 Å². The molecule has 0 aliphatic carbocycles. The van der Waals surface area contributed by atoms with E-state index in [0.29, 0.717) is 13.1 Å². The van der Waals surface area contributed by atoms with Crippen molar-refractivity contribution in [3.05, 3.63) is 35.4 Å². The molecule has 0 spiro atoms. The lowest BCUT2D eigenvalue weighted by molar-refractivity contribution is 0.202. The average molecular weight is 242 g/mol. The predicted molar refractivity (Wildman–Crippen MR) is 61.5 cm³/mol. The third-order valence-electron chi connectivity index (χ3n) is 2.49. The highest BCUT2D eigenvalue weighted by molar-refractivity contribution is 5.74. The van der Waals surface area contributed by atoms with Gasteiger partial charge in [-0.1, -0.05) is 0 Å². The molecule has 0 fully saturated rings. The molecule has 5 heteroatoms. The quantitative estimate of drug-likeness (QED) is 0.864. The summed E-state index contributed by atoms with van der Waals surface area (Å²) in [4.78, 5) is 13.1. The monoisotopic (exact) mass is 242 g/mol. The second-order valence-electron chi connectivity index (χ2n) is 3.57. The highest BCUT2D eigenvalue weighted by atomic mass is 19.1. The Hall–Kier alpha value is -1.65. The first-order chi connectivity index (χ1) is 8.08. The molecule has 0 atom stereocenters. The lowest BCUT2D eigenvalue weighted by atomic mass is 10.2. The van der Waals surface area contributed by atoms with Gasteiger partial charge in [-0.3, -0.25) is 0 Å². The fourth-order valence-corrected chi connectivity index (χ4v) is 1.47. The zero-order valence-electron chi connectivity index (χ0n) is 9.96. The van der Waals surface area contributed by atoms with E-state index in [4.69, 9.17) is 0 Å². The van der Waals surface area contributed by atoms with Crippen LogP contribution in [0.25, 0.3) is 0 Å². The van der Waals surface area contributed by atoms with Crippen molar-refractivity contribution in [1.29, 1.82) is 0 Å². The lowest BCUT2D eigenvalue weighted by Crippen LogP contribution is -2.39. The highest BCUT2D eigenvalue weighted by Crippen LogP contribution is 2.09. The zero-order valence-corrected chi connectivity index (χ0v) is 9.96. The highest BCUT2D eigenvalue weighted by Gasteiger charge is 2.10. The van der Waals surface area contributed by atoms with Gasteiger partial charge in [0.05, 0.1) is 0 Å². The lowest BCUT2D eigenvalue weighted by Gasteiger charge is -2.19. The number of amides is 2. The van der Waals surface area contributed by atoms with Gasteiger partial charge in [0.25, 0.3) is 0 Å². The minimum Gasteiger partial charge on any atom is -0.334 e. The van der Waals surface area contributed by atoms with Crippen molar-refractivity contribution in [1.82, 2.24) is 10.2 Å². The summed E-state index contributed by atoms with van der Waals surface area (Å²) < 4.78 is 26.1. The van der Waals surface area contributed by atoms with Crippen LogP contribution in [0, 0.1) is 11.6 Å². The molecule has 0 aromatic heterocycles. The summed E-state index contributed by atoms with van der Waals surface area (Å²) >= 11 is 0. The summed E-state index contributed by atoms with van der Waals surface area (Å²) in [6.07, 6.45) is 0. The van der Waals surface area contributed by atoms with E-state index in [1.165, 1.54) is 0 Å². The summed E-state index contributed by atoms with van der Waals surface area (Å²) in [5, 5.41) is 2.55. The third-order valence-corrected chi connectivity index (χ3v) is 2.49. The van der Waals surface area contributed by atoms with Gasteiger partial charge in [-0.15, -0.1) is 0 Å². The van der Waals surface area contributed by atoms with E-state index >= 15 is 0 Å². The van der Waals surface area contributed by atoms with Gasteiger partial charge in [0, 0.05) is 25.2 Å². The molecule has 0 saturated heterocycles. The van der Waals surface area contributed by atoms with E-state index in [1.54, 1.807) is 4.90 Å². The Morgan fingerprint density at radius 2 is 1.94 bits per heavy atom. The van der Waals surface area contributed by atoms with Gasteiger partial charge in [-0.05, 0) is 32.0 Å². The summed E-state index contributed by atoms with van der Waals surface area (Å²) in [6.45, 7) is 4.85. The first-order valence-electron chi connectivity index (χ1n) is 5.55. The molecule has 1 aromatic rings. The van der Waals surface area contributed by atoms with Gasteiger partial charge in [-0.2, -0.15) is 0 Å². The fraction of sp³-hybridized carbons (Fsp3) is 0.417. The van der Waals surface area contributed by atoms with Gasteiger partial charge in [-0.25, -0.2) is 13.6 Å². The SMILES string of the molecule is CCN(CC)C(=O)NCc1cc(F)ccc1F. The van der Waals surface area contributed by atoms with Gasteiger partial charge in [0.2, 0.25) is 0 Å². The van der Waals surface area contributed by atoms with E-state index < -0.39 is 11.6 Å². The first-order valence-corrected chi connectivity index (χ1v) is 5.55. The molecule has 0 heterocycles. The van der Waals surface area contributed by atoms with E-state index in [1.807, 2.05) is 13.8 Å². The molecular formula is C12H16F2N2O. The van der Waals surface area contributed by atoms with Crippen LogP contribution in [0.15, 0.2) is 18.2 Å². The number of rotatable bonds is 4. The minimum atomic E-state index is -0.522. The van der Waals surface area contributed by atoms with Crippen LogP contribution in [-0.2, 0) is 6.54 Å². The number of nitrogens with zero attached hydrogens (tertiary/aromatic N) is 1. The molecule has 0 aliphatic heterocycles. The molecule has 94 valence electrons. The van der Waals surface area contributed by atoms with E-state index in [0.717, 1.165) is 18.2 Å². The number of nitrogens with one attached hydrogen (secondary N) is 1. The largest absolute Gasteiger partial charge is 0.334 e. The maximum absolute atomic E-state index is 13.3. The van der Waals surface area contributed by atoms with E-state index in [-0.39, 0.29) is 18.1 Å². The van der Waals surface area contributed by atoms with Gasteiger partial charge in [0.15, 0.2) is 0 Å². The van der Waals surface area contributed by atoms with Crippen LogP contribution in [0.4, 0.5) is 13.6 Å². The van der Waals surface area contributed by atoms with Crippen molar-refractivity contribution in [2.75, 3.05) is 13.1 Å². The number of carbonyl (C=O) groups excluding carboxylic acids is 1. The number of hydrogen-bond acceptors (Lipinski definition) is 1. The Labute approximate surface area is 99.4 Å². The molecule has 3 nitrogen and oxygen atoms in total. The van der Waals surface area contributed by atoms with Gasteiger partial charge >= 0.3 is 6.03 Å². The number of carbonyl (C=O) groups is 1. The molecule has 0 radical (unpaired) electrons. The molecule has 1 rings (SSSR count). The molecule has 17 heavy (non-hydrogen) atoms. The second kappa shape index (κ2) is 6.18. The average Bonchev–Trinajstić information content (AvgIpc) is 2.32. The van der Waals surface area contributed by atoms with Crippen molar-refractivity contribution in [3.8, 4) is 0 Å². The zero-order chi connectivity index (χ0) is 12.8. The van der Waals surface area contributed by atoms with Crippen LogP contribution in [0.5, 0.6) is 0 Å². The first kappa shape index (κ1) is 13.4. The summed E-state index contributed by atoms with van der Waals surface area (Å²) in [5.74, 6) is -1.04. The second-order valence-corrected chi connectivity index (χ2v) is 3.57. The molecule has 0 saturated carbocycles. The number of hydrogen-bond donors (Lipinski definition) is 1. The van der Waals surface area contributed by atoms with Gasteiger partial charge < -0.3 is 10.2 Å². The van der Waals surface area contributed by atoms with Crippen molar-refractivity contribution in [2.24, 2.45) is 0 Å². The fourth-order valence-electron chi connectivity index (χ4n) is 1.47. The Morgan fingerprint density at radius 3 is 2.53 bits per heavy atom. The molecule has 1 aromatic carbocycles. The van der Waals surface area contributed by atoms with E-state index in [9.17, 15) is 13.6 Å². The number of urea groups is 1. The summed E-state index contributed by atoms with van der Waals surface area (Å²) in [6, 6.07) is 2.90. The van der Waals surface area contributed by atoms with Crippen molar-refractivity contribution in [2.45, 2.75) is 20.4 Å². The normalized spacial score (nSPS) is 10.1. The summed E-state index contributed by atoms with van der Waals surface area (Å²) in [7, 11) is 0. The Bertz CT molecular complexity index is 392. The molecule has 0 bridgehead atoms. The van der Waals surface area contributed by atoms with Crippen LogP contribution in [0.2, 0.25) is 0 Å². The molecule has 0 unspecified atom stereocenters. The molecule has 0 aliphatic rings. The van der Waals surface area contributed by atoms with Crippen LogP contribution >= 0.6 is 0 Å². The minimum absolute atomic E-state index is 0.0150.